The fourth-order valence-corrected chi connectivity index (χ4v) is 3.29. The van der Waals surface area contributed by atoms with Crippen LogP contribution in [0.1, 0.15) is 31.4 Å². The van der Waals surface area contributed by atoms with E-state index >= 15 is 0 Å². The summed E-state index contributed by atoms with van der Waals surface area (Å²) in [6.45, 7) is 3.47. The lowest BCUT2D eigenvalue weighted by molar-refractivity contribution is -0.127. The lowest BCUT2D eigenvalue weighted by Crippen LogP contribution is -2.38. The van der Waals surface area contributed by atoms with E-state index < -0.39 is 0 Å². The van der Waals surface area contributed by atoms with E-state index in [9.17, 15) is 4.79 Å². The van der Waals surface area contributed by atoms with Gasteiger partial charge in [-0.1, -0.05) is 29.8 Å². The Morgan fingerprint density at radius 2 is 2.04 bits per heavy atom. The molecule has 1 amide bonds. The van der Waals surface area contributed by atoms with Crippen LogP contribution in [-0.2, 0) is 4.79 Å². The Kier molecular flexibility index (Phi) is 4.82. The summed E-state index contributed by atoms with van der Waals surface area (Å²) in [5.41, 5.74) is 1.81. The molecule has 5 heteroatoms. The fraction of sp³-hybridized carbons (Fsp3) is 0.333. The van der Waals surface area contributed by atoms with Gasteiger partial charge in [0.2, 0.25) is 5.91 Å². The number of carbonyl (C=O) groups is 1. The number of nitrogens with zero attached hydrogens (tertiary/aromatic N) is 3. The third-order valence-electron chi connectivity index (χ3n) is 4.36. The van der Waals surface area contributed by atoms with E-state index in [2.05, 4.69) is 9.55 Å². The highest BCUT2D eigenvalue weighted by molar-refractivity contribution is 6.32. The summed E-state index contributed by atoms with van der Waals surface area (Å²) < 4.78 is 2.13. The first-order valence-corrected chi connectivity index (χ1v) is 8.22. The average molecular weight is 330 g/mol. The molecule has 4 nitrogen and oxygen atoms in total. The highest BCUT2D eigenvalue weighted by Gasteiger charge is 2.22. The third-order valence-corrected chi connectivity index (χ3v) is 4.69. The third kappa shape index (κ3) is 3.64. The van der Waals surface area contributed by atoms with Gasteiger partial charge in [0.25, 0.3) is 0 Å². The number of allylic oxidation sites excluding steroid dienone is 1. The SMILES string of the molecule is CC(=CC(=O)N1CCC(n2ccnc2)CC1)c1ccccc1Cl. The van der Waals surface area contributed by atoms with Crippen molar-refractivity contribution in [2.45, 2.75) is 25.8 Å². The molecule has 0 unspecified atom stereocenters. The maximum atomic E-state index is 12.5. The molecule has 1 aliphatic heterocycles. The molecular weight excluding hydrogens is 310 g/mol. The normalized spacial score (nSPS) is 16.6. The van der Waals surface area contributed by atoms with Crippen molar-refractivity contribution >= 4 is 23.1 Å². The van der Waals surface area contributed by atoms with Gasteiger partial charge in [0.05, 0.1) is 6.33 Å². The van der Waals surface area contributed by atoms with Gasteiger partial charge in [0.15, 0.2) is 0 Å². The summed E-state index contributed by atoms with van der Waals surface area (Å²) in [5, 5.41) is 0.674. The first-order chi connectivity index (χ1) is 11.1. The highest BCUT2D eigenvalue weighted by Crippen LogP contribution is 2.25. The van der Waals surface area contributed by atoms with Gasteiger partial charge >= 0.3 is 0 Å². The van der Waals surface area contributed by atoms with Crippen molar-refractivity contribution in [2.75, 3.05) is 13.1 Å². The molecule has 2 aromatic rings. The summed E-state index contributed by atoms with van der Waals surface area (Å²) in [4.78, 5) is 18.5. The summed E-state index contributed by atoms with van der Waals surface area (Å²) in [7, 11) is 0. The van der Waals surface area contributed by atoms with E-state index in [1.165, 1.54) is 0 Å². The maximum absolute atomic E-state index is 12.5. The molecule has 1 aliphatic rings. The highest BCUT2D eigenvalue weighted by atomic mass is 35.5. The molecule has 1 fully saturated rings. The largest absolute Gasteiger partial charge is 0.339 e. The maximum Gasteiger partial charge on any atom is 0.246 e. The van der Waals surface area contributed by atoms with E-state index in [0.29, 0.717) is 11.1 Å². The van der Waals surface area contributed by atoms with Crippen molar-refractivity contribution in [1.29, 1.82) is 0 Å². The molecule has 1 saturated heterocycles. The second-order valence-corrected chi connectivity index (χ2v) is 6.28. The molecule has 3 rings (SSSR count). The van der Waals surface area contributed by atoms with Crippen molar-refractivity contribution in [1.82, 2.24) is 14.5 Å². The van der Waals surface area contributed by atoms with Crippen LogP contribution in [0.3, 0.4) is 0 Å². The molecule has 23 heavy (non-hydrogen) atoms. The predicted octanol–water partition coefficient (Wildman–Crippen LogP) is 3.80. The summed E-state index contributed by atoms with van der Waals surface area (Å²) in [6, 6.07) is 8.04. The molecule has 2 heterocycles. The van der Waals surface area contributed by atoms with Gasteiger partial charge in [0.1, 0.15) is 0 Å². The number of aromatic nitrogens is 2. The van der Waals surface area contributed by atoms with Crippen LogP contribution >= 0.6 is 11.6 Å². The van der Waals surface area contributed by atoms with Crippen LogP contribution in [0.2, 0.25) is 5.02 Å². The van der Waals surface area contributed by atoms with Crippen LogP contribution in [0, 0.1) is 0 Å². The fourth-order valence-electron chi connectivity index (χ4n) is 3.01. The first kappa shape index (κ1) is 15.8. The van der Waals surface area contributed by atoms with E-state index in [1.807, 2.05) is 48.6 Å². The molecule has 0 radical (unpaired) electrons. The molecule has 120 valence electrons. The summed E-state index contributed by atoms with van der Waals surface area (Å²) in [5.74, 6) is 0.0616. The van der Waals surface area contributed by atoms with Crippen LogP contribution in [0.15, 0.2) is 49.1 Å². The second-order valence-electron chi connectivity index (χ2n) is 5.87. The second kappa shape index (κ2) is 7.01. The number of halogens is 1. The number of rotatable bonds is 3. The number of hydrogen-bond donors (Lipinski definition) is 0. The molecule has 0 atom stereocenters. The van der Waals surface area contributed by atoms with Crippen molar-refractivity contribution in [3.8, 4) is 0 Å². The number of likely N-dealkylation sites (tertiary alicyclic amines) is 1. The lowest BCUT2D eigenvalue weighted by atomic mass is 10.0. The smallest absolute Gasteiger partial charge is 0.246 e. The number of imidazole rings is 1. The van der Waals surface area contributed by atoms with Crippen LogP contribution in [0.5, 0.6) is 0 Å². The molecule has 1 aromatic carbocycles. The van der Waals surface area contributed by atoms with Crippen molar-refractivity contribution < 1.29 is 4.79 Å². The van der Waals surface area contributed by atoms with Crippen molar-refractivity contribution in [3.63, 3.8) is 0 Å². The van der Waals surface area contributed by atoms with Crippen LogP contribution in [0.25, 0.3) is 5.57 Å². The van der Waals surface area contributed by atoms with Crippen molar-refractivity contribution in [2.24, 2.45) is 0 Å². The minimum absolute atomic E-state index is 0.0616. The van der Waals surface area contributed by atoms with Crippen LogP contribution < -0.4 is 0 Å². The number of benzene rings is 1. The monoisotopic (exact) mass is 329 g/mol. The molecule has 0 saturated carbocycles. The molecule has 0 N–H and O–H groups in total. The molecule has 0 aliphatic carbocycles. The molecular formula is C18H20ClN3O. The zero-order chi connectivity index (χ0) is 16.2. The summed E-state index contributed by atoms with van der Waals surface area (Å²) in [6.07, 6.45) is 9.25. The first-order valence-electron chi connectivity index (χ1n) is 7.84. The molecule has 0 bridgehead atoms. The van der Waals surface area contributed by atoms with E-state index in [4.69, 9.17) is 11.6 Å². The predicted molar refractivity (Wildman–Crippen MR) is 92.2 cm³/mol. The number of carbonyl (C=O) groups excluding carboxylic acids is 1. The van der Waals surface area contributed by atoms with Gasteiger partial charge in [-0.05, 0) is 37.0 Å². The van der Waals surface area contributed by atoms with Crippen LogP contribution in [-0.4, -0.2) is 33.4 Å². The Morgan fingerprint density at radius 3 is 2.70 bits per heavy atom. The van der Waals surface area contributed by atoms with Gasteiger partial charge < -0.3 is 9.47 Å². The standard InChI is InChI=1S/C18H20ClN3O/c1-14(16-4-2-3-5-17(16)19)12-18(23)21-9-6-15(7-10-21)22-11-8-20-13-22/h2-5,8,11-13,15H,6-7,9-10H2,1H3. The average Bonchev–Trinajstić information content (AvgIpc) is 3.09. The van der Waals surface area contributed by atoms with Gasteiger partial charge in [-0.3, -0.25) is 4.79 Å². The van der Waals surface area contributed by atoms with Gasteiger partial charge in [0, 0.05) is 42.6 Å². The Bertz CT molecular complexity index is 701. The van der Waals surface area contributed by atoms with E-state index in [0.717, 1.165) is 37.1 Å². The minimum atomic E-state index is 0.0616. The quantitative estimate of drug-likeness (QED) is 0.803. The molecule has 1 aromatic heterocycles. The Morgan fingerprint density at radius 1 is 1.30 bits per heavy atom. The van der Waals surface area contributed by atoms with Gasteiger partial charge in [-0.15, -0.1) is 0 Å². The van der Waals surface area contributed by atoms with E-state index in [1.54, 1.807) is 12.3 Å². The number of hydrogen-bond acceptors (Lipinski definition) is 2. The summed E-state index contributed by atoms with van der Waals surface area (Å²) >= 11 is 6.19. The lowest BCUT2D eigenvalue weighted by Gasteiger charge is -2.32. The van der Waals surface area contributed by atoms with Gasteiger partial charge in [-0.25, -0.2) is 4.98 Å². The zero-order valence-corrected chi connectivity index (χ0v) is 13.9. The Labute approximate surface area is 141 Å². The Balaban J connectivity index is 1.63. The van der Waals surface area contributed by atoms with Crippen molar-refractivity contribution in [3.05, 3.63) is 59.6 Å². The van der Waals surface area contributed by atoms with Gasteiger partial charge in [-0.2, -0.15) is 0 Å². The number of piperidine rings is 1. The zero-order valence-electron chi connectivity index (χ0n) is 13.2. The number of amides is 1. The minimum Gasteiger partial charge on any atom is -0.339 e. The van der Waals surface area contributed by atoms with Crippen LogP contribution in [0.4, 0.5) is 0 Å². The van der Waals surface area contributed by atoms with E-state index in [-0.39, 0.29) is 5.91 Å². The topological polar surface area (TPSA) is 38.1 Å². The molecule has 0 spiro atoms. The Hall–Kier alpha value is -2.07.